The lowest BCUT2D eigenvalue weighted by molar-refractivity contribution is 0.0952. The molecule has 0 unspecified atom stereocenters. The van der Waals surface area contributed by atoms with Crippen molar-refractivity contribution in [1.82, 2.24) is 15.1 Å². The van der Waals surface area contributed by atoms with E-state index in [0.717, 1.165) is 4.90 Å². The molecule has 0 radical (unpaired) electrons. The van der Waals surface area contributed by atoms with Crippen LogP contribution in [0.25, 0.3) is 0 Å². The highest BCUT2D eigenvalue weighted by Gasteiger charge is 2.12. The fourth-order valence-electron chi connectivity index (χ4n) is 2.01. The van der Waals surface area contributed by atoms with E-state index in [2.05, 4.69) is 10.4 Å². The summed E-state index contributed by atoms with van der Waals surface area (Å²) in [4.78, 5) is 13.2. The Morgan fingerprint density at radius 1 is 1.35 bits per heavy atom. The number of benzene rings is 1. The van der Waals surface area contributed by atoms with Gasteiger partial charge in [-0.05, 0) is 37.8 Å². The van der Waals surface area contributed by atoms with Gasteiger partial charge in [0.15, 0.2) is 0 Å². The van der Waals surface area contributed by atoms with Crippen molar-refractivity contribution in [3.8, 4) is 0 Å². The van der Waals surface area contributed by atoms with Crippen molar-refractivity contribution in [2.24, 2.45) is 0 Å². The number of halogens is 3. The van der Waals surface area contributed by atoms with Crippen LogP contribution in [0.4, 0.5) is 0 Å². The predicted molar refractivity (Wildman–Crippen MR) is 97.2 cm³/mol. The van der Waals surface area contributed by atoms with E-state index in [9.17, 15) is 4.79 Å². The zero-order valence-electron chi connectivity index (χ0n) is 12.7. The molecule has 0 saturated carbocycles. The average Bonchev–Trinajstić information content (AvgIpc) is 2.79. The first-order valence-electron chi connectivity index (χ1n) is 6.94. The molecule has 0 bridgehead atoms. The van der Waals surface area contributed by atoms with Gasteiger partial charge in [-0.15, -0.1) is 11.8 Å². The Hall–Kier alpha value is -0.880. The van der Waals surface area contributed by atoms with Crippen molar-refractivity contribution in [3.63, 3.8) is 0 Å². The Labute approximate surface area is 154 Å². The first kappa shape index (κ1) is 18.5. The number of hydrogen-bond acceptors (Lipinski definition) is 3. The van der Waals surface area contributed by atoms with Crippen molar-refractivity contribution >= 4 is 52.5 Å². The molecule has 2 rings (SSSR count). The standard InChI is InChI=1S/C15H16Cl3N3OS/c1-9-13(17)14(18)21(20-9)7-3-6-19-15(22)11-8-10(23-2)4-5-12(11)16/h4-5,8H,3,6-7H2,1-2H3,(H,19,22). The molecule has 23 heavy (non-hydrogen) atoms. The highest BCUT2D eigenvalue weighted by Crippen LogP contribution is 2.25. The van der Waals surface area contributed by atoms with E-state index in [1.54, 1.807) is 35.5 Å². The van der Waals surface area contributed by atoms with Gasteiger partial charge in [-0.3, -0.25) is 9.48 Å². The highest BCUT2D eigenvalue weighted by atomic mass is 35.5. The zero-order chi connectivity index (χ0) is 17.0. The van der Waals surface area contributed by atoms with Gasteiger partial charge >= 0.3 is 0 Å². The van der Waals surface area contributed by atoms with Gasteiger partial charge in [0.1, 0.15) is 10.2 Å². The van der Waals surface area contributed by atoms with Crippen LogP contribution in [0.5, 0.6) is 0 Å². The lowest BCUT2D eigenvalue weighted by Crippen LogP contribution is -2.25. The van der Waals surface area contributed by atoms with Gasteiger partial charge in [0, 0.05) is 18.0 Å². The first-order chi connectivity index (χ1) is 10.9. The minimum atomic E-state index is -0.188. The second kappa shape index (κ2) is 8.29. The van der Waals surface area contributed by atoms with Crippen molar-refractivity contribution in [1.29, 1.82) is 0 Å². The Kier molecular flexibility index (Phi) is 6.65. The maximum absolute atomic E-state index is 12.2. The maximum atomic E-state index is 12.2. The molecule has 0 spiro atoms. The quantitative estimate of drug-likeness (QED) is 0.573. The molecule has 124 valence electrons. The van der Waals surface area contributed by atoms with Crippen LogP contribution in [0.15, 0.2) is 23.1 Å². The number of amides is 1. The number of carbonyl (C=O) groups is 1. The van der Waals surface area contributed by atoms with Crippen LogP contribution in [0.3, 0.4) is 0 Å². The number of rotatable bonds is 6. The van der Waals surface area contributed by atoms with Gasteiger partial charge in [0.05, 0.1) is 16.3 Å². The Morgan fingerprint density at radius 2 is 2.09 bits per heavy atom. The van der Waals surface area contributed by atoms with E-state index < -0.39 is 0 Å². The van der Waals surface area contributed by atoms with Crippen molar-refractivity contribution in [2.45, 2.75) is 24.8 Å². The van der Waals surface area contributed by atoms with Gasteiger partial charge in [-0.2, -0.15) is 5.10 Å². The van der Waals surface area contributed by atoms with Gasteiger partial charge in [0.25, 0.3) is 5.91 Å². The Balaban J connectivity index is 1.89. The minimum absolute atomic E-state index is 0.188. The van der Waals surface area contributed by atoms with Gasteiger partial charge < -0.3 is 5.32 Å². The summed E-state index contributed by atoms with van der Waals surface area (Å²) >= 11 is 19.7. The third-order valence-corrected chi connectivity index (χ3v) is 5.23. The molecule has 2 aromatic rings. The van der Waals surface area contributed by atoms with Gasteiger partial charge in [-0.1, -0.05) is 34.8 Å². The normalized spacial score (nSPS) is 10.8. The van der Waals surface area contributed by atoms with Crippen molar-refractivity contribution in [3.05, 3.63) is 44.7 Å². The molecule has 4 nitrogen and oxygen atoms in total. The SMILES string of the molecule is CSc1ccc(Cl)c(C(=O)NCCCn2nc(C)c(Cl)c2Cl)c1. The summed E-state index contributed by atoms with van der Waals surface area (Å²) in [7, 11) is 0. The smallest absolute Gasteiger partial charge is 0.252 e. The monoisotopic (exact) mass is 391 g/mol. The van der Waals surface area contributed by atoms with Crippen LogP contribution < -0.4 is 5.32 Å². The summed E-state index contributed by atoms with van der Waals surface area (Å²) in [5, 5.41) is 8.42. The number of carbonyl (C=O) groups excluding carboxylic acids is 1. The molecule has 0 saturated heterocycles. The molecule has 0 atom stereocenters. The molecule has 8 heteroatoms. The van der Waals surface area contributed by atoms with Crippen LogP contribution >= 0.6 is 46.6 Å². The largest absolute Gasteiger partial charge is 0.352 e. The maximum Gasteiger partial charge on any atom is 0.252 e. The molecule has 1 aromatic carbocycles. The topological polar surface area (TPSA) is 46.9 Å². The third kappa shape index (κ3) is 4.57. The predicted octanol–water partition coefficient (Wildman–Crippen LogP) is 4.69. The molecule has 0 aliphatic carbocycles. The van der Waals surface area contributed by atoms with E-state index in [-0.39, 0.29) is 5.91 Å². The van der Waals surface area contributed by atoms with Crippen LogP contribution in [0.1, 0.15) is 22.5 Å². The number of aryl methyl sites for hydroxylation is 2. The van der Waals surface area contributed by atoms with E-state index >= 15 is 0 Å². The molecule has 0 aliphatic heterocycles. The van der Waals surface area contributed by atoms with Crippen LogP contribution in [0, 0.1) is 6.92 Å². The Bertz CT molecular complexity index is 718. The fourth-order valence-corrected chi connectivity index (χ4v) is 3.05. The Morgan fingerprint density at radius 3 is 2.70 bits per heavy atom. The summed E-state index contributed by atoms with van der Waals surface area (Å²) in [6.07, 6.45) is 2.63. The van der Waals surface area contributed by atoms with E-state index in [4.69, 9.17) is 34.8 Å². The molecule has 1 heterocycles. The lowest BCUT2D eigenvalue weighted by Gasteiger charge is -2.08. The van der Waals surface area contributed by atoms with E-state index in [1.807, 2.05) is 12.3 Å². The molecular formula is C15H16Cl3N3OS. The molecule has 1 amide bonds. The summed E-state index contributed by atoms with van der Waals surface area (Å²) in [5.41, 5.74) is 1.18. The van der Waals surface area contributed by atoms with Crippen LogP contribution in [-0.2, 0) is 6.54 Å². The molecule has 0 aliphatic rings. The van der Waals surface area contributed by atoms with Crippen molar-refractivity contribution < 1.29 is 4.79 Å². The molecule has 1 N–H and O–H groups in total. The number of nitrogens with one attached hydrogen (secondary N) is 1. The summed E-state index contributed by atoms with van der Waals surface area (Å²) in [6, 6.07) is 5.40. The van der Waals surface area contributed by atoms with E-state index in [1.165, 1.54) is 0 Å². The number of nitrogens with zero attached hydrogens (tertiary/aromatic N) is 2. The van der Waals surface area contributed by atoms with Crippen LogP contribution in [-0.4, -0.2) is 28.5 Å². The molecule has 1 aromatic heterocycles. The number of thioether (sulfide) groups is 1. The second-order valence-corrected chi connectivity index (χ2v) is 6.89. The van der Waals surface area contributed by atoms with Crippen molar-refractivity contribution in [2.75, 3.05) is 12.8 Å². The second-order valence-electron chi connectivity index (χ2n) is 4.87. The molecule has 0 fully saturated rings. The van der Waals surface area contributed by atoms with Crippen LogP contribution in [0.2, 0.25) is 15.2 Å². The number of hydrogen-bond donors (Lipinski definition) is 1. The van der Waals surface area contributed by atoms with E-state index in [0.29, 0.717) is 46.0 Å². The lowest BCUT2D eigenvalue weighted by atomic mass is 10.2. The fraction of sp³-hybridized carbons (Fsp3) is 0.333. The van der Waals surface area contributed by atoms with Gasteiger partial charge in [0.2, 0.25) is 0 Å². The summed E-state index contributed by atoms with van der Waals surface area (Å²) in [6.45, 7) is 2.87. The minimum Gasteiger partial charge on any atom is -0.352 e. The average molecular weight is 393 g/mol. The number of aromatic nitrogens is 2. The zero-order valence-corrected chi connectivity index (χ0v) is 15.8. The summed E-state index contributed by atoms with van der Waals surface area (Å²) < 4.78 is 1.63. The third-order valence-electron chi connectivity index (χ3n) is 3.25. The highest BCUT2D eigenvalue weighted by molar-refractivity contribution is 7.98. The van der Waals surface area contributed by atoms with Gasteiger partial charge in [-0.25, -0.2) is 0 Å². The first-order valence-corrected chi connectivity index (χ1v) is 9.30. The summed E-state index contributed by atoms with van der Waals surface area (Å²) in [5.74, 6) is -0.188. The molecular weight excluding hydrogens is 377 g/mol.